The zero-order valence-electron chi connectivity index (χ0n) is 26.9. The van der Waals surface area contributed by atoms with Crippen LogP contribution in [0.2, 0.25) is 10.0 Å². The average molecular weight is 655 g/mol. The normalized spacial score (nSPS) is 22.5. The van der Waals surface area contributed by atoms with E-state index in [4.69, 9.17) is 42.4 Å². The Morgan fingerprint density at radius 3 is 2.04 bits per heavy atom. The molecule has 1 aliphatic carbocycles. The highest BCUT2D eigenvalue weighted by molar-refractivity contribution is 6.31. The molecule has 0 N–H and O–H groups in total. The van der Waals surface area contributed by atoms with Gasteiger partial charge in [0.15, 0.2) is 0 Å². The van der Waals surface area contributed by atoms with Crippen molar-refractivity contribution in [2.24, 2.45) is 0 Å². The van der Waals surface area contributed by atoms with Crippen LogP contribution in [0.1, 0.15) is 50.8 Å². The molecular weight excluding hydrogens is 609 g/mol. The van der Waals surface area contributed by atoms with Crippen LogP contribution in [-0.4, -0.2) is 82.5 Å². The number of hydroxylamine groups is 4. The lowest BCUT2D eigenvalue weighted by atomic mass is 9.80. The molecule has 2 aromatic rings. The van der Waals surface area contributed by atoms with Crippen LogP contribution < -0.4 is 4.90 Å². The molecule has 9 heteroatoms. The smallest absolute Gasteiger partial charge is 0.0864 e. The fourth-order valence-corrected chi connectivity index (χ4v) is 7.40. The Labute approximate surface area is 277 Å². The first kappa shape index (κ1) is 32.7. The van der Waals surface area contributed by atoms with Gasteiger partial charge in [0.2, 0.25) is 0 Å². The van der Waals surface area contributed by atoms with Gasteiger partial charge in [-0.25, -0.2) is 0 Å². The molecule has 7 nitrogen and oxygen atoms in total. The van der Waals surface area contributed by atoms with E-state index in [0.717, 1.165) is 49.2 Å². The number of nitrogens with zero attached hydrogens (tertiary/aromatic N) is 3. The van der Waals surface area contributed by atoms with E-state index in [0.29, 0.717) is 39.6 Å². The lowest BCUT2D eigenvalue weighted by Crippen LogP contribution is -2.38. The molecule has 0 unspecified atom stereocenters. The summed E-state index contributed by atoms with van der Waals surface area (Å²) in [5, 5.41) is 5.55. The molecule has 2 aromatic carbocycles. The number of allylic oxidation sites excluding steroid dienone is 5. The van der Waals surface area contributed by atoms with E-state index >= 15 is 0 Å². The number of rotatable bonds is 10. The van der Waals surface area contributed by atoms with E-state index in [1.165, 1.54) is 39.2 Å². The highest BCUT2D eigenvalue weighted by atomic mass is 35.5. The van der Waals surface area contributed by atoms with Crippen molar-refractivity contribution >= 4 is 34.5 Å². The van der Waals surface area contributed by atoms with Gasteiger partial charge in [-0.2, -0.15) is 10.1 Å². The highest BCUT2D eigenvalue weighted by Gasteiger charge is 2.40. The van der Waals surface area contributed by atoms with Gasteiger partial charge in [0.1, 0.15) is 0 Å². The topological polar surface area (TPSA) is 46.6 Å². The molecule has 2 fully saturated rings. The fraction of sp³-hybridized carbons (Fsp3) is 0.500. The fourth-order valence-electron chi connectivity index (χ4n) is 7.06. The summed E-state index contributed by atoms with van der Waals surface area (Å²) < 4.78 is 11.0. The van der Waals surface area contributed by atoms with Gasteiger partial charge in [0.05, 0.1) is 39.6 Å². The first-order chi connectivity index (χ1) is 21.7. The summed E-state index contributed by atoms with van der Waals surface area (Å²) in [7, 11) is 0. The van der Waals surface area contributed by atoms with Gasteiger partial charge in [-0.15, -0.1) is 0 Å². The zero-order valence-corrected chi connectivity index (χ0v) is 28.4. The third-order valence-electron chi connectivity index (χ3n) is 9.50. The lowest BCUT2D eigenvalue weighted by Gasteiger charge is -2.29. The summed E-state index contributed by atoms with van der Waals surface area (Å²) in [5.74, 6) is 0. The molecule has 242 valence electrons. The molecule has 0 bridgehead atoms. The molecule has 6 rings (SSSR count). The Bertz CT molecular complexity index is 1470. The first-order valence-corrected chi connectivity index (χ1v) is 16.8. The molecule has 3 heterocycles. The van der Waals surface area contributed by atoms with Gasteiger partial charge in [-0.05, 0) is 70.7 Å². The molecular formula is C36H45Cl2N3O4. The number of benzene rings is 2. The van der Waals surface area contributed by atoms with E-state index in [-0.39, 0.29) is 10.8 Å². The molecule has 4 aliphatic rings. The van der Waals surface area contributed by atoms with Crippen LogP contribution >= 0.6 is 23.2 Å². The van der Waals surface area contributed by atoms with E-state index in [2.05, 4.69) is 75.1 Å². The molecule has 45 heavy (non-hydrogen) atoms. The average Bonchev–Trinajstić information content (AvgIpc) is 3.36. The van der Waals surface area contributed by atoms with Gasteiger partial charge in [0, 0.05) is 65.0 Å². The van der Waals surface area contributed by atoms with Gasteiger partial charge in [-0.3, -0.25) is 9.68 Å². The van der Waals surface area contributed by atoms with Gasteiger partial charge >= 0.3 is 0 Å². The van der Waals surface area contributed by atoms with Crippen molar-refractivity contribution in [2.75, 3.05) is 77.3 Å². The highest BCUT2D eigenvalue weighted by Crippen LogP contribution is 2.50. The minimum absolute atomic E-state index is 0.198. The monoisotopic (exact) mass is 653 g/mol. The Morgan fingerprint density at radius 2 is 1.38 bits per heavy atom. The predicted molar refractivity (Wildman–Crippen MR) is 182 cm³/mol. The predicted octanol–water partition coefficient (Wildman–Crippen LogP) is 7.19. The number of ether oxygens (including phenoxy) is 2. The van der Waals surface area contributed by atoms with E-state index < -0.39 is 0 Å². The third kappa shape index (κ3) is 6.92. The Hall–Kier alpha value is -2.20. The van der Waals surface area contributed by atoms with Crippen LogP contribution in [-0.2, 0) is 30.0 Å². The quantitative estimate of drug-likeness (QED) is 0.269. The maximum atomic E-state index is 6.51. The second-order valence-electron chi connectivity index (χ2n) is 13.1. The van der Waals surface area contributed by atoms with Gasteiger partial charge in [-0.1, -0.05) is 69.1 Å². The lowest BCUT2D eigenvalue weighted by molar-refractivity contribution is -0.192. The van der Waals surface area contributed by atoms with Crippen LogP contribution in [0.15, 0.2) is 65.9 Å². The first-order valence-electron chi connectivity index (χ1n) is 16.1. The number of fused-ring (bicyclic) bond motifs is 2. The van der Waals surface area contributed by atoms with Crippen LogP contribution in [0, 0.1) is 0 Å². The van der Waals surface area contributed by atoms with Crippen molar-refractivity contribution in [3.05, 3.63) is 92.6 Å². The van der Waals surface area contributed by atoms with Crippen molar-refractivity contribution in [3.8, 4) is 0 Å². The van der Waals surface area contributed by atoms with E-state index in [1.807, 2.05) is 22.3 Å². The van der Waals surface area contributed by atoms with Gasteiger partial charge < -0.3 is 14.4 Å². The molecule has 0 spiro atoms. The number of hydrogen-bond acceptors (Lipinski definition) is 7. The molecule has 0 aromatic heterocycles. The minimum atomic E-state index is -0.228. The second kappa shape index (κ2) is 13.9. The SMILES string of the molecule is CC1(C)C(/C=C/C=C2/N(CCON3CCOCC3)c3ccc(Cl)cc3C2(C)C)=C(CCON2CCOCC2)c2ccc(Cl)cc21. The zero-order chi connectivity index (χ0) is 31.6. The number of halogens is 2. The molecule has 0 amide bonds. The molecule has 0 atom stereocenters. The van der Waals surface area contributed by atoms with Crippen LogP contribution in [0.4, 0.5) is 5.69 Å². The molecule has 3 aliphatic heterocycles. The van der Waals surface area contributed by atoms with Crippen LogP contribution in [0.5, 0.6) is 0 Å². The van der Waals surface area contributed by atoms with Crippen molar-refractivity contribution < 1.29 is 19.1 Å². The standard InChI is InChI=1S/C36H45Cl2N3O4/c1-35(2)30(29(28-10-8-26(37)24-31(28)35)12-18-44-39-13-19-42-20-14-39)6-5-7-34-36(3,4)32-25-27(38)9-11-33(32)41(34)17-23-45-40-15-21-43-22-16-40/h5-11,24-25H,12-23H2,1-4H3/b6-5+,34-7+. The number of morpholine rings is 2. The maximum Gasteiger partial charge on any atom is 0.0864 e. The molecule has 2 saturated heterocycles. The second-order valence-corrected chi connectivity index (χ2v) is 13.9. The van der Waals surface area contributed by atoms with Crippen molar-refractivity contribution in [1.29, 1.82) is 0 Å². The summed E-state index contributed by atoms with van der Waals surface area (Å²) in [6, 6.07) is 12.5. The van der Waals surface area contributed by atoms with Crippen molar-refractivity contribution in [3.63, 3.8) is 0 Å². The summed E-state index contributed by atoms with van der Waals surface area (Å²) in [4.78, 5) is 14.7. The third-order valence-corrected chi connectivity index (χ3v) is 9.97. The molecule has 0 saturated carbocycles. The van der Waals surface area contributed by atoms with Crippen LogP contribution in [0.25, 0.3) is 5.57 Å². The minimum Gasteiger partial charge on any atom is -0.379 e. The maximum absolute atomic E-state index is 6.51. The Morgan fingerprint density at radius 1 is 0.778 bits per heavy atom. The molecule has 0 radical (unpaired) electrons. The largest absolute Gasteiger partial charge is 0.379 e. The summed E-state index contributed by atoms with van der Waals surface area (Å²) in [6.45, 7) is 17.1. The Kier molecular flexibility index (Phi) is 10.1. The van der Waals surface area contributed by atoms with Crippen LogP contribution in [0.3, 0.4) is 0 Å². The van der Waals surface area contributed by atoms with E-state index in [9.17, 15) is 0 Å². The Balaban J connectivity index is 1.28. The summed E-state index contributed by atoms with van der Waals surface area (Å²) in [6.07, 6.45) is 7.59. The van der Waals surface area contributed by atoms with Crippen molar-refractivity contribution in [1.82, 2.24) is 10.1 Å². The number of anilines is 1. The summed E-state index contributed by atoms with van der Waals surface area (Å²) in [5.41, 5.74) is 8.32. The summed E-state index contributed by atoms with van der Waals surface area (Å²) >= 11 is 13.0. The number of hydrogen-bond donors (Lipinski definition) is 0. The van der Waals surface area contributed by atoms with Gasteiger partial charge in [0.25, 0.3) is 0 Å². The van der Waals surface area contributed by atoms with Crippen molar-refractivity contribution in [2.45, 2.75) is 44.9 Å². The van der Waals surface area contributed by atoms with E-state index in [1.54, 1.807) is 0 Å².